The fourth-order valence-electron chi connectivity index (χ4n) is 3.18. The number of hydrogen-bond acceptors (Lipinski definition) is 1. The first-order valence-electron chi connectivity index (χ1n) is 6.74. The molecule has 0 atom stereocenters. The van der Waals surface area contributed by atoms with Crippen LogP contribution in [0.5, 0.6) is 0 Å². The van der Waals surface area contributed by atoms with Crippen molar-refractivity contribution in [1.29, 1.82) is 0 Å². The molecule has 1 nitrogen and oxygen atoms in total. The molecule has 1 aliphatic carbocycles. The topological polar surface area (TPSA) is 12.0 Å². The van der Waals surface area contributed by atoms with Crippen molar-refractivity contribution in [2.45, 2.75) is 38.5 Å². The van der Waals surface area contributed by atoms with E-state index in [1.165, 1.54) is 32.1 Å². The highest BCUT2D eigenvalue weighted by Crippen LogP contribution is 2.39. The van der Waals surface area contributed by atoms with Gasteiger partial charge in [-0.2, -0.15) is 0 Å². The Morgan fingerprint density at radius 2 is 2.00 bits per heavy atom. The smallest absolute Gasteiger partial charge is 0.142 e. The van der Waals surface area contributed by atoms with Gasteiger partial charge in [0.1, 0.15) is 5.82 Å². The molecule has 0 heterocycles. The summed E-state index contributed by atoms with van der Waals surface area (Å²) in [4.78, 5) is 0. The van der Waals surface area contributed by atoms with E-state index in [4.69, 9.17) is 11.6 Å². The minimum absolute atomic E-state index is 0.213. The summed E-state index contributed by atoms with van der Waals surface area (Å²) in [6, 6.07) is 5.22. The third-order valence-electron chi connectivity index (χ3n) is 4.03. The largest absolute Gasteiger partial charge is 0.319 e. The van der Waals surface area contributed by atoms with E-state index in [2.05, 4.69) is 5.32 Å². The Kier molecular flexibility index (Phi) is 4.63. The van der Waals surface area contributed by atoms with E-state index in [0.717, 1.165) is 18.5 Å². The Hall–Kier alpha value is -0.600. The molecule has 0 bridgehead atoms. The third-order valence-corrected chi connectivity index (χ3v) is 4.34. The van der Waals surface area contributed by atoms with Crippen molar-refractivity contribution in [3.63, 3.8) is 0 Å². The molecule has 1 saturated carbocycles. The molecule has 0 amide bonds. The molecule has 0 aromatic heterocycles. The van der Waals surface area contributed by atoms with Crippen molar-refractivity contribution in [1.82, 2.24) is 5.32 Å². The van der Waals surface area contributed by atoms with Crippen molar-refractivity contribution < 1.29 is 4.39 Å². The molecule has 1 fully saturated rings. The fourth-order valence-corrected chi connectivity index (χ4v) is 3.29. The number of benzene rings is 1. The van der Waals surface area contributed by atoms with Crippen molar-refractivity contribution in [2.24, 2.45) is 5.41 Å². The molecule has 1 aromatic rings. The molecule has 0 spiro atoms. The maximum atomic E-state index is 13.5. The van der Waals surface area contributed by atoms with Crippen LogP contribution in [0, 0.1) is 11.2 Å². The average Bonchev–Trinajstić information content (AvgIpc) is 2.35. The quantitative estimate of drug-likeness (QED) is 0.864. The van der Waals surface area contributed by atoms with Crippen LogP contribution in [0.3, 0.4) is 0 Å². The van der Waals surface area contributed by atoms with Gasteiger partial charge >= 0.3 is 0 Å². The second kappa shape index (κ2) is 6.03. The monoisotopic (exact) mass is 269 g/mol. The molecule has 0 saturated heterocycles. The minimum Gasteiger partial charge on any atom is -0.319 e. The van der Waals surface area contributed by atoms with Crippen LogP contribution in [0.4, 0.5) is 4.39 Å². The molecule has 100 valence electrons. The van der Waals surface area contributed by atoms with Gasteiger partial charge in [0.2, 0.25) is 0 Å². The van der Waals surface area contributed by atoms with Crippen LogP contribution in [-0.4, -0.2) is 13.6 Å². The molecule has 2 rings (SSSR count). The van der Waals surface area contributed by atoms with Gasteiger partial charge in [-0.25, -0.2) is 4.39 Å². The van der Waals surface area contributed by atoms with Gasteiger partial charge in [0, 0.05) is 6.54 Å². The van der Waals surface area contributed by atoms with Crippen LogP contribution in [0.25, 0.3) is 0 Å². The summed E-state index contributed by atoms with van der Waals surface area (Å²) >= 11 is 5.73. The Balaban J connectivity index is 2.14. The number of nitrogens with one attached hydrogen (secondary N) is 1. The van der Waals surface area contributed by atoms with E-state index in [-0.39, 0.29) is 10.8 Å². The maximum Gasteiger partial charge on any atom is 0.142 e. The summed E-state index contributed by atoms with van der Waals surface area (Å²) in [5, 5.41) is 3.52. The number of halogens is 2. The van der Waals surface area contributed by atoms with Gasteiger partial charge < -0.3 is 5.32 Å². The van der Waals surface area contributed by atoms with Crippen molar-refractivity contribution in [3.8, 4) is 0 Å². The summed E-state index contributed by atoms with van der Waals surface area (Å²) in [6.45, 7) is 1.01. The van der Waals surface area contributed by atoms with Gasteiger partial charge in [-0.15, -0.1) is 0 Å². The van der Waals surface area contributed by atoms with E-state index in [0.29, 0.717) is 5.41 Å². The van der Waals surface area contributed by atoms with E-state index in [9.17, 15) is 4.39 Å². The molecule has 0 unspecified atom stereocenters. The SMILES string of the molecule is CNCC1(Cc2ccc(Cl)c(F)c2)CCCCC1. The molecule has 1 aromatic carbocycles. The predicted molar refractivity (Wildman–Crippen MR) is 74.6 cm³/mol. The standard InChI is InChI=1S/C15H21ClFN/c1-18-11-15(7-3-2-4-8-15)10-12-5-6-13(16)14(17)9-12/h5-6,9,18H,2-4,7-8,10-11H2,1H3. The van der Waals surface area contributed by atoms with Gasteiger partial charge in [-0.3, -0.25) is 0 Å². The number of hydrogen-bond donors (Lipinski definition) is 1. The Bertz CT molecular complexity index is 394. The molecular weight excluding hydrogens is 249 g/mol. The minimum atomic E-state index is -0.301. The Morgan fingerprint density at radius 1 is 1.28 bits per heavy atom. The number of rotatable bonds is 4. The van der Waals surface area contributed by atoms with Crippen LogP contribution < -0.4 is 5.32 Å². The van der Waals surface area contributed by atoms with Crippen molar-refractivity contribution >= 4 is 11.6 Å². The predicted octanol–water partition coefficient (Wildman–Crippen LogP) is 4.19. The van der Waals surface area contributed by atoms with Gasteiger partial charge in [-0.05, 0) is 49.4 Å². The van der Waals surface area contributed by atoms with Gasteiger partial charge in [0.15, 0.2) is 0 Å². The van der Waals surface area contributed by atoms with Crippen LogP contribution in [0.15, 0.2) is 18.2 Å². The van der Waals surface area contributed by atoms with E-state index >= 15 is 0 Å². The normalized spacial score (nSPS) is 18.8. The van der Waals surface area contributed by atoms with Gasteiger partial charge in [0.25, 0.3) is 0 Å². The third kappa shape index (κ3) is 3.24. The summed E-state index contributed by atoms with van der Waals surface area (Å²) in [7, 11) is 2.00. The molecule has 0 radical (unpaired) electrons. The Morgan fingerprint density at radius 3 is 2.61 bits per heavy atom. The van der Waals surface area contributed by atoms with E-state index < -0.39 is 0 Å². The average molecular weight is 270 g/mol. The first-order chi connectivity index (χ1) is 8.65. The van der Waals surface area contributed by atoms with Crippen LogP contribution in [-0.2, 0) is 6.42 Å². The summed E-state index contributed by atoms with van der Waals surface area (Å²) < 4.78 is 13.5. The highest BCUT2D eigenvalue weighted by molar-refractivity contribution is 6.30. The van der Waals surface area contributed by atoms with Crippen LogP contribution >= 0.6 is 11.6 Å². The molecular formula is C15H21ClFN. The van der Waals surface area contributed by atoms with E-state index in [1.54, 1.807) is 12.1 Å². The first kappa shape index (κ1) is 13.8. The van der Waals surface area contributed by atoms with Crippen molar-refractivity contribution in [3.05, 3.63) is 34.6 Å². The maximum absolute atomic E-state index is 13.5. The second-order valence-corrected chi connectivity index (χ2v) is 5.92. The summed E-state index contributed by atoms with van der Waals surface area (Å²) in [5.41, 5.74) is 1.36. The molecule has 0 aliphatic heterocycles. The van der Waals surface area contributed by atoms with Gasteiger partial charge in [0.05, 0.1) is 5.02 Å². The fraction of sp³-hybridized carbons (Fsp3) is 0.600. The van der Waals surface area contributed by atoms with Crippen molar-refractivity contribution in [2.75, 3.05) is 13.6 Å². The van der Waals surface area contributed by atoms with Crippen LogP contribution in [0.2, 0.25) is 5.02 Å². The zero-order valence-corrected chi connectivity index (χ0v) is 11.7. The second-order valence-electron chi connectivity index (χ2n) is 5.52. The van der Waals surface area contributed by atoms with E-state index in [1.807, 2.05) is 13.1 Å². The summed E-state index contributed by atoms with van der Waals surface area (Å²) in [5.74, 6) is -0.301. The molecule has 3 heteroatoms. The highest BCUT2D eigenvalue weighted by atomic mass is 35.5. The zero-order valence-electron chi connectivity index (χ0n) is 10.9. The molecule has 1 aliphatic rings. The lowest BCUT2D eigenvalue weighted by atomic mass is 9.70. The zero-order chi connectivity index (χ0) is 13.0. The van der Waals surface area contributed by atoms with Gasteiger partial charge in [-0.1, -0.05) is 36.9 Å². The Labute approximate surface area is 114 Å². The summed E-state index contributed by atoms with van der Waals surface area (Å²) in [6.07, 6.45) is 7.33. The molecule has 1 N–H and O–H groups in total. The lowest BCUT2D eigenvalue weighted by molar-refractivity contribution is 0.185. The highest BCUT2D eigenvalue weighted by Gasteiger charge is 2.31. The molecule has 18 heavy (non-hydrogen) atoms. The first-order valence-corrected chi connectivity index (χ1v) is 7.12. The lowest BCUT2D eigenvalue weighted by Gasteiger charge is -2.37. The van der Waals surface area contributed by atoms with Crippen LogP contribution in [0.1, 0.15) is 37.7 Å². The lowest BCUT2D eigenvalue weighted by Crippen LogP contribution is -2.36.